The van der Waals surface area contributed by atoms with Crippen molar-refractivity contribution in [2.45, 2.75) is 64.7 Å². The van der Waals surface area contributed by atoms with Gasteiger partial charge in [0.05, 0.1) is 22.5 Å². The molecule has 4 heteroatoms. The third-order valence-electron chi connectivity index (χ3n) is 6.17. The molecular weight excluding hydrogens is 523 g/mol. The molecule has 1 aliphatic rings. The maximum absolute atomic E-state index is 5.07. The van der Waals surface area contributed by atoms with Crippen LogP contribution < -0.4 is 0 Å². The summed E-state index contributed by atoms with van der Waals surface area (Å²) in [6.45, 7) is 13.8. The Bertz CT molecular complexity index is 1230. The molecule has 0 bridgehead atoms. The first kappa shape index (κ1) is 19.5. The van der Waals surface area contributed by atoms with Gasteiger partial charge >= 0.3 is 0 Å². The number of nitrogens with zero attached hydrogens (tertiary/aromatic N) is 3. The maximum atomic E-state index is 5.07. The van der Waals surface area contributed by atoms with E-state index in [4.69, 9.17) is 9.97 Å². The van der Waals surface area contributed by atoms with Gasteiger partial charge in [-0.05, 0) is 46.0 Å². The zero-order chi connectivity index (χ0) is 19.1. The van der Waals surface area contributed by atoms with Gasteiger partial charge in [-0.2, -0.15) is 0 Å². The Labute approximate surface area is 179 Å². The summed E-state index contributed by atoms with van der Waals surface area (Å²) in [6.07, 6.45) is 1.16. The van der Waals surface area contributed by atoms with Gasteiger partial charge in [-0.25, -0.2) is 0 Å². The number of rotatable bonds is 1. The zero-order valence-corrected chi connectivity index (χ0v) is 19.7. The Kier molecular flexibility index (Phi) is 4.27. The summed E-state index contributed by atoms with van der Waals surface area (Å²) in [5, 5.41) is 0.997. The Morgan fingerprint density at radius 1 is 1.00 bits per heavy atom. The van der Waals surface area contributed by atoms with Gasteiger partial charge in [0.1, 0.15) is 0 Å². The number of benzene rings is 2. The fraction of sp³-hybridized carbons (Fsp3) is 0.417. The largest absolute Gasteiger partial charge is 0.321 e. The van der Waals surface area contributed by atoms with Crippen LogP contribution in [-0.4, -0.2) is 14.4 Å². The van der Waals surface area contributed by atoms with Crippen LogP contribution in [0.2, 0.25) is 0 Å². The molecule has 0 atom stereocenters. The normalized spacial score (nSPS) is 17.4. The van der Waals surface area contributed by atoms with Crippen molar-refractivity contribution in [1.82, 2.24) is 14.4 Å². The van der Waals surface area contributed by atoms with Crippen molar-refractivity contribution in [2.24, 2.45) is 0 Å². The van der Waals surface area contributed by atoms with Gasteiger partial charge in [0.15, 0.2) is 0 Å². The standard InChI is InChI=1S/C24H26N3.Ir/c1-14(2)21-25-18-10-8-7-9-15(18)22-26-19-11-16-17(12-20(19)27(21)22)24(5,6)13-23(16,3)4;/h7-8,10-12,14H,13H2,1-6H3;/q-1;. The van der Waals surface area contributed by atoms with E-state index in [1.165, 1.54) is 16.6 Å². The van der Waals surface area contributed by atoms with Crippen molar-refractivity contribution in [1.29, 1.82) is 0 Å². The summed E-state index contributed by atoms with van der Waals surface area (Å²) in [5.74, 6) is 1.38. The molecule has 5 rings (SSSR count). The van der Waals surface area contributed by atoms with Crippen molar-refractivity contribution in [2.75, 3.05) is 0 Å². The van der Waals surface area contributed by atoms with Crippen molar-refractivity contribution in [3.8, 4) is 0 Å². The van der Waals surface area contributed by atoms with Crippen molar-refractivity contribution in [3.63, 3.8) is 0 Å². The Morgan fingerprint density at radius 3 is 2.36 bits per heavy atom. The molecule has 0 amide bonds. The van der Waals surface area contributed by atoms with E-state index < -0.39 is 0 Å². The maximum Gasteiger partial charge on any atom is 0.0987 e. The van der Waals surface area contributed by atoms with Crippen molar-refractivity contribution in [3.05, 3.63) is 53.3 Å². The van der Waals surface area contributed by atoms with Crippen LogP contribution in [0, 0.1) is 6.07 Å². The molecule has 0 saturated heterocycles. The van der Waals surface area contributed by atoms with Gasteiger partial charge in [0.2, 0.25) is 0 Å². The van der Waals surface area contributed by atoms with E-state index in [-0.39, 0.29) is 30.9 Å². The summed E-state index contributed by atoms with van der Waals surface area (Å²) in [6, 6.07) is 14.1. The van der Waals surface area contributed by atoms with Crippen molar-refractivity contribution >= 4 is 27.6 Å². The van der Waals surface area contributed by atoms with E-state index in [0.717, 1.165) is 34.3 Å². The van der Waals surface area contributed by atoms with Gasteiger partial charge in [-0.1, -0.05) is 46.9 Å². The molecule has 3 nitrogen and oxygen atoms in total. The van der Waals surface area contributed by atoms with E-state index in [9.17, 15) is 0 Å². The molecule has 0 N–H and O–H groups in total. The minimum atomic E-state index is 0. The SMILES string of the molecule is CC(C)c1nc2ccc[c-]c2c2nc3cc4c(cc3n12)C(C)(C)CC4(C)C.[Ir]. The number of aromatic nitrogens is 3. The summed E-state index contributed by atoms with van der Waals surface area (Å²) in [7, 11) is 0. The molecular formula is C24H26IrN3-. The van der Waals surface area contributed by atoms with Gasteiger partial charge < -0.3 is 4.40 Å². The van der Waals surface area contributed by atoms with Crippen LogP contribution in [-0.2, 0) is 30.9 Å². The summed E-state index contributed by atoms with van der Waals surface area (Å²) < 4.78 is 2.26. The minimum Gasteiger partial charge on any atom is -0.321 e. The van der Waals surface area contributed by atoms with E-state index >= 15 is 0 Å². The molecule has 147 valence electrons. The van der Waals surface area contributed by atoms with Gasteiger partial charge in [0.25, 0.3) is 0 Å². The Morgan fingerprint density at radius 2 is 1.68 bits per heavy atom. The van der Waals surface area contributed by atoms with E-state index in [2.05, 4.69) is 70.2 Å². The topological polar surface area (TPSA) is 30.2 Å². The van der Waals surface area contributed by atoms with Crippen LogP contribution in [0.3, 0.4) is 0 Å². The van der Waals surface area contributed by atoms with Crippen LogP contribution in [0.4, 0.5) is 0 Å². The van der Waals surface area contributed by atoms with Crippen LogP contribution in [0.1, 0.15) is 70.8 Å². The van der Waals surface area contributed by atoms with E-state index in [1.54, 1.807) is 0 Å². The number of imidazole rings is 1. The predicted octanol–water partition coefficient (Wildman–Crippen LogP) is 5.92. The Balaban J connectivity index is 0.00000192. The summed E-state index contributed by atoms with van der Waals surface area (Å²) >= 11 is 0. The average molecular weight is 549 g/mol. The van der Waals surface area contributed by atoms with Crippen LogP contribution in [0.5, 0.6) is 0 Å². The molecule has 0 fully saturated rings. The number of fused-ring (bicyclic) bond motifs is 6. The second-order valence-corrected chi connectivity index (χ2v) is 9.66. The molecule has 1 aliphatic carbocycles. The average Bonchev–Trinajstić information content (AvgIpc) is 3.05. The second-order valence-electron chi connectivity index (χ2n) is 9.66. The van der Waals surface area contributed by atoms with E-state index in [0.29, 0.717) is 5.92 Å². The van der Waals surface area contributed by atoms with Gasteiger partial charge in [-0.15, -0.1) is 24.3 Å². The van der Waals surface area contributed by atoms with Crippen LogP contribution in [0.25, 0.3) is 27.6 Å². The van der Waals surface area contributed by atoms with Gasteiger partial charge in [0, 0.05) is 26.0 Å². The summed E-state index contributed by atoms with van der Waals surface area (Å²) in [5.41, 5.74) is 7.42. The van der Waals surface area contributed by atoms with E-state index in [1.807, 2.05) is 12.1 Å². The van der Waals surface area contributed by atoms with Crippen LogP contribution >= 0.6 is 0 Å². The third-order valence-corrected chi connectivity index (χ3v) is 6.17. The zero-order valence-electron chi connectivity index (χ0n) is 17.3. The first-order valence-electron chi connectivity index (χ1n) is 9.86. The Hall–Kier alpha value is -1.77. The second kappa shape index (κ2) is 6.11. The quantitative estimate of drug-likeness (QED) is 0.277. The molecule has 0 aliphatic heterocycles. The molecule has 0 unspecified atom stereocenters. The van der Waals surface area contributed by atoms with Crippen LogP contribution in [0.15, 0.2) is 30.3 Å². The first-order chi connectivity index (χ1) is 12.7. The molecule has 4 aromatic rings. The smallest absolute Gasteiger partial charge is 0.0987 e. The monoisotopic (exact) mass is 549 g/mol. The van der Waals surface area contributed by atoms with Crippen molar-refractivity contribution < 1.29 is 20.1 Å². The molecule has 2 heterocycles. The molecule has 1 radical (unpaired) electrons. The molecule has 2 aromatic heterocycles. The first-order valence-corrected chi connectivity index (χ1v) is 9.86. The summed E-state index contributed by atoms with van der Waals surface area (Å²) in [4.78, 5) is 10.0. The minimum absolute atomic E-state index is 0. The molecule has 2 aromatic carbocycles. The fourth-order valence-electron chi connectivity index (χ4n) is 5.20. The number of hydrogen-bond acceptors (Lipinski definition) is 2. The molecule has 0 saturated carbocycles. The van der Waals surface area contributed by atoms with Gasteiger partial charge in [-0.3, -0.25) is 9.97 Å². The fourth-order valence-corrected chi connectivity index (χ4v) is 5.20. The number of hydrogen-bond donors (Lipinski definition) is 0. The third kappa shape index (κ3) is 2.58. The molecule has 28 heavy (non-hydrogen) atoms. The molecule has 0 spiro atoms. The predicted molar refractivity (Wildman–Crippen MR) is 112 cm³/mol.